The molecule has 0 unspecified atom stereocenters. The summed E-state index contributed by atoms with van der Waals surface area (Å²) in [6.45, 7) is 3.61. The highest BCUT2D eigenvalue weighted by Crippen LogP contribution is 2.26. The molecule has 0 heterocycles. The summed E-state index contributed by atoms with van der Waals surface area (Å²) in [5.74, 6) is 0.610. The highest BCUT2D eigenvalue weighted by atomic mass is 16.5. The van der Waals surface area contributed by atoms with Gasteiger partial charge in [-0.2, -0.15) is 5.26 Å². The van der Waals surface area contributed by atoms with Crippen molar-refractivity contribution in [2.45, 2.75) is 25.9 Å². The van der Waals surface area contributed by atoms with Gasteiger partial charge in [0.1, 0.15) is 5.75 Å². The second-order valence-electron chi connectivity index (χ2n) is 3.59. The van der Waals surface area contributed by atoms with E-state index in [0.29, 0.717) is 11.3 Å². The number of hydrogen-bond acceptors (Lipinski definition) is 3. The van der Waals surface area contributed by atoms with Crippen LogP contribution in [0.4, 0.5) is 0 Å². The number of benzene rings is 1. The van der Waals surface area contributed by atoms with Crippen molar-refractivity contribution in [3.8, 4) is 11.8 Å². The third kappa shape index (κ3) is 2.48. The molecular formula is C12H15NO2. The highest BCUT2D eigenvalue weighted by Gasteiger charge is 2.15. The van der Waals surface area contributed by atoms with Crippen molar-refractivity contribution in [1.82, 2.24) is 0 Å². The van der Waals surface area contributed by atoms with Crippen LogP contribution in [-0.2, 0) is 0 Å². The van der Waals surface area contributed by atoms with Gasteiger partial charge in [-0.15, -0.1) is 0 Å². The molecule has 1 aromatic carbocycles. The zero-order chi connectivity index (χ0) is 11.4. The number of aliphatic hydroxyl groups excluding tert-OH is 1. The van der Waals surface area contributed by atoms with E-state index in [1.165, 1.54) is 0 Å². The Morgan fingerprint density at radius 2 is 2.07 bits per heavy atom. The summed E-state index contributed by atoms with van der Waals surface area (Å²) in [4.78, 5) is 0. The summed E-state index contributed by atoms with van der Waals surface area (Å²) < 4.78 is 5.04. The molecule has 0 saturated heterocycles. The number of aliphatic hydroxyl groups is 1. The Labute approximate surface area is 89.9 Å². The van der Waals surface area contributed by atoms with Crippen molar-refractivity contribution in [3.05, 3.63) is 29.3 Å². The van der Waals surface area contributed by atoms with Crippen molar-refractivity contribution in [2.75, 3.05) is 7.11 Å². The molecule has 0 aliphatic heterocycles. The summed E-state index contributed by atoms with van der Waals surface area (Å²) in [6.07, 6.45) is -0.467. The van der Waals surface area contributed by atoms with Crippen LogP contribution in [0.25, 0.3) is 0 Å². The maximum Gasteiger partial charge on any atom is 0.120 e. The second kappa shape index (κ2) is 4.81. The van der Waals surface area contributed by atoms with Crippen LogP contribution in [-0.4, -0.2) is 18.3 Å². The van der Waals surface area contributed by atoms with Crippen LogP contribution in [0.1, 0.15) is 30.9 Å². The first-order valence-corrected chi connectivity index (χ1v) is 4.86. The molecule has 0 bridgehead atoms. The average molecular weight is 205 g/mol. The minimum atomic E-state index is -0.467. The lowest BCUT2D eigenvalue weighted by molar-refractivity contribution is 0.169. The Kier molecular flexibility index (Phi) is 3.70. The van der Waals surface area contributed by atoms with Gasteiger partial charge in [-0.25, -0.2) is 0 Å². The number of ether oxygens (including phenoxy) is 1. The van der Waals surface area contributed by atoms with Gasteiger partial charge in [-0.1, -0.05) is 13.0 Å². The van der Waals surface area contributed by atoms with Crippen LogP contribution < -0.4 is 4.74 Å². The lowest BCUT2D eigenvalue weighted by Gasteiger charge is -2.16. The van der Waals surface area contributed by atoms with Crippen LogP contribution in [0, 0.1) is 11.3 Å². The fourth-order valence-corrected chi connectivity index (χ4v) is 1.42. The van der Waals surface area contributed by atoms with E-state index in [0.717, 1.165) is 5.56 Å². The first-order valence-electron chi connectivity index (χ1n) is 4.86. The summed E-state index contributed by atoms with van der Waals surface area (Å²) in [5, 5.41) is 18.5. The van der Waals surface area contributed by atoms with Crippen LogP contribution in [0.15, 0.2) is 18.2 Å². The van der Waals surface area contributed by atoms with Crippen LogP contribution in [0.5, 0.6) is 5.75 Å². The topological polar surface area (TPSA) is 53.2 Å². The maximum atomic E-state index is 9.48. The molecule has 0 spiro atoms. The summed E-state index contributed by atoms with van der Waals surface area (Å²) in [7, 11) is 1.56. The molecule has 1 N–H and O–H groups in total. The van der Waals surface area contributed by atoms with Crippen molar-refractivity contribution >= 4 is 0 Å². The summed E-state index contributed by atoms with van der Waals surface area (Å²) in [5.41, 5.74) is 1.41. The van der Waals surface area contributed by atoms with E-state index in [-0.39, 0.29) is 5.92 Å². The van der Waals surface area contributed by atoms with Crippen molar-refractivity contribution in [2.24, 2.45) is 0 Å². The smallest absolute Gasteiger partial charge is 0.120 e. The van der Waals surface area contributed by atoms with Crippen molar-refractivity contribution < 1.29 is 9.84 Å². The van der Waals surface area contributed by atoms with E-state index >= 15 is 0 Å². The van der Waals surface area contributed by atoms with Gasteiger partial charge in [0, 0.05) is 5.92 Å². The molecule has 80 valence electrons. The molecule has 0 aliphatic carbocycles. The fourth-order valence-electron chi connectivity index (χ4n) is 1.42. The predicted molar refractivity (Wildman–Crippen MR) is 57.8 cm³/mol. The molecule has 0 saturated carbocycles. The molecule has 2 atom stereocenters. The zero-order valence-corrected chi connectivity index (χ0v) is 9.19. The Balaban J connectivity index is 3.14. The number of rotatable bonds is 3. The lowest BCUT2D eigenvalue weighted by atomic mass is 9.92. The first-order chi connectivity index (χ1) is 7.10. The Morgan fingerprint density at radius 1 is 1.40 bits per heavy atom. The summed E-state index contributed by atoms with van der Waals surface area (Å²) in [6, 6.07) is 7.43. The second-order valence-corrected chi connectivity index (χ2v) is 3.59. The summed E-state index contributed by atoms with van der Waals surface area (Å²) >= 11 is 0. The molecule has 0 aromatic heterocycles. The van der Waals surface area contributed by atoms with E-state index in [1.54, 1.807) is 26.2 Å². The van der Waals surface area contributed by atoms with E-state index in [4.69, 9.17) is 10.00 Å². The SMILES string of the molecule is COc1ccc([C@H](C)[C@H](C)O)c(C#N)c1. The Bertz CT molecular complexity index is 380. The normalized spacial score (nSPS) is 14.1. The molecule has 0 amide bonds. The standard InChI is InChI=1S/C12H15NO2/c1-8(9(2)14)12-5-4-11(15-3)6-10(12)7-13/h4-6,8-9,14H,1-3H3/t8-,9+/m1/s1. The zero-order valence-electron chi connectivity index (χ0n) is 9.19. The van der Waals surface area contributed by atoms with Gasteiger partial charge < -0.3 is 9.84 Å². The number of hydrogen-bond donors (Lipinski definition) is 1. The van der Waals surface area contributed by atoms with Crippen LogP contribution in [0.3, 0.4) is 0 Å². The molecule has 0 aliphatic rings. The molecule has 3 nitrogen and oxygen atoms in total. The molecule has 0 radical (unpaired) electrons. The largest absolute Gasteiger partial charge is 0.497 e. The minimum Gasteiger partial charge on any atom is -0.497 e. The van der Waals surface area contributed by atoms with E-state index < -0.39 is 6.10 Å². The van der Waals surface area contributed by atoms with Crippen LogP contribution >= 0.6 is 0 Å². The molecule has 3 heteroatoms. The van der Waals surface area contributed by atoms with Crippen LogP contribution in [0.2, 0.25) is 0 Å². The molecule has 1 aromatic rings. The number of nitrogens with zero attached hydrogens (tertiary/aromatic N) is 1. The van der Waals surface area contributed by atoms with Gasteiger partial charge >= 0.3 is 0 Å². The average Bonchev–Trinajstić information content (AvgIpc) is 2.27. The molecule has 15 heavy (non-hydrogen) atoms. The van der Waals surface area contributed by atoms with Gasteiger partial charge in [0.15, 0.2) is 0 Å². The van der Waals surface area contributed by atoms with Crippen molar-refractivity contribution in [1.29, 1.82) is 5.26 Å². The Hall–Kier alpha value is -1.53. The van der Waals surface area contributed by atoms with Gasteiger partial charge in [0.2, 0.25) is 0 Å². The molecule has 0 fully saturated rings. The quantitative estimate of drug-likeness (QED) is 0.821. The third-order valence-electron chi connectivity index (χ3n) is 2.60. The molecule has 1 rings (SSSR count). The number of methoxy groups -OCH3 is 1. The predicted octanol–water partition coefficient (Wildman–Crippen LogP) is 2.05. The van der Waals surface area contributed by atoms with E-state index in [9.17, 15) is 5.11 Å². The first kappa shape index (κ1) is 11.5. The van der Waals surface area contributed by atoms with E-state index in [2.05, 4.69) is 6.07 Å². The molecular weight excluding hydrogens is 190 g/mol. The number of nitriles is 1. The van der Waals surface area contributed by atoms with Gasteiger partial charge in [0.05, 0.1) is 24.8 Å². The lowest BCUT2D eigenvalue weighted by Crippen LogP contribution is -2.12. The maximum absolute atomic E-state index is 9.48. The van der Waals surface area contributed by atoms with Crippen molar-refractivity contribution in [3.63, 3.8) is 0 Å². The van der Waals surface area contributed by atoms with Gasteiger partial charge in [0.25, 0.3) is 0 Å². The van der Waals surface area contributed by atoms with Gasteiger partial charge in [-0.3, -0.25) is 0 Å². The Morgan fingerprint density at radius 3 is 2.53 bits per heavy atom. The van der Waals surface area contributed by atoms with E-state index in [1.807, 2.05) is 13.0 Å². The third-order valence-corrected chi connectivity index (χ3v) is 2.60. The monoisotopic (exact) mass is 205 g/mol. The fraction of sp³-hybridized carbons (Fsp3) is 0.417. The highest BCUT2D eigenvalue weighted by molar-refractivity contribution is 5.45. The minimum absolute atomic E-state index is 0.0504. The van der Waals surface area contributed by atoms with Gasteiger partial charge in [-0.05, 0) is 24.6 Å².